The molecule has 0 aliphatic heterocycles. The Balaban J connectivity index is 2.94. The molecule has 5 nitrogen and oxygen atoms in total. The van der Waals surface area contributed by atoms with E-state index in [2.05, 4.69) is 9.71 Å². The number of rotatable bonds is 6. The highest BCUT2D eigenvalue weighted by Crippen LogP contribution is 2.19. The molecule has 0 saturated carbocycles. The normalized spacial score (nSPS) is 14.5. The third kappa shape index (κ3) is 5.89. The van der Waals surface area contributed by atoms with Gasteiger partial charge in [-0.15, -0.1) is 0 Å². The maximum Gasteiger partial charge on any atom is 0.307 e. The van der Waals surface area contributed by atoms with Crippen molar-refractivity contribution in [2.75, 3.05) is 6.61 Å². The summed E-state index contributed by atoms with van der Waals surface area (Å²) in [7, 11) is -1.42. The van der Waals surface area contributed by atoms with Crippen molar-refractivity contribution in [2.45, 2.75) is 44.9 Å². The molecule has 1 heterocycles. The molecule has 0 amide bonds. The van der Waals surface area contributed by atoms with E-state index in [1.54, 1.807) is 33.8 Å². The summed E-state index contributed by atoms with van der Waals surface area (Å²) in [6.45, 7) is 7.36. The first-order chi connectivity index (χ1) is 9.74. The molecule has 0 aromatic carbocycles. The van der Waals surface area contributed by atoms with Gasteiger partial charge in [-0.3, -0.25) is 4.79 Å². The summed E-state index contributed by atoms with van der Waals surface area (Å²) in [6.07, 6.45) is -0.0634. The van der Waals surface area contributed by atoms with Gasteiger partial charge in [0.1, 0.15) is 0 Å². The number of nitrogens with one attached hydrogen (secondary N) is 1. The lowest BCUT2D eigenvalue weighted by molar-refractivity contribution is -0.143. The minimum Gasteiger partial charge on any atom is -0.466 e. The van der Waals surface area contributed by atoms with Crippen molar-refractivity contribution in [3.63, 3.8) is 0 Å². The fourth-order valence-corrected chi connectivity index (χ4v) is 2.33. The second kappa shape index (κ2) is 7.61. The van der Waals surface area contributed by atoms with Crippen molar-refractivity contribution in [2.24, 2.45) is 0 Å². The zero-order chi connectivity index (χ0) is 16.0. The maximum absolute atomic E-state index is 13.3. The molecule has 2 atom stereocenters. The fourth-order valence-electron chi connectivity index (χ4n) is 1.52. The van der Waals surface area contributed by atoms with Crippen molar-refractivity contribution in [1.82, 2.24) is 9.71 Å². The van der Waals surface area contributed by atoms with Gasteiger partial charge in [0.15, 0.2) is 0 Å². The van der Waals surface area contributed by atoms with Gasteiger partial charge in [-0.25, -0.2) is 13.9 Å². The standard InChI is InChI=1S/C14H21FN2O3S/c1-5-20-13(18)9-11(17-21(19)14(2,3)4)10-7-6-8-12(15)16-10/h6-8,11,17H,5,9H2,1-4H3. The van der Waals surface area contributed by atoms with Crippen LogP contribution in [-0.4, -0.2) is 26.5 Å². The summed E-state index contributed by atoms with van der Waals surface area (Å²) in [5.41, 5.74) is 0.320. The van der Waals surface area contributed by atoms with Crippen LogP contribution in [0.5, 0.6) is 0 Å². The third-order valence-electron chi connectivity index (χ3n) is 2.58. The van der Waals surface area contributed by atoms with Crippen LogP contribution < -0.4 is 4.72 Å². The van der Waals surface area contributed by atoms with Crippen LogP contribution in [0.3, 0.4) is 0 Å². The van der Waals surface area contributed by atoms with Crippen molar-refractivity contribution in [3.05, 3.63) is 29.8 Å². The molecule has 1 aromatic rings. The molecule has 0 bridgehead atoms. The Morgan fingerprint density at radius 2 is 2.14 bits per heavy atom. The van der Waals surface area contributed by atoms with Crippen molar-refractivity contribution in [1.29, 1.82) is 0 Å². The molecular formula is C14H21FN2O3S. The minimum absolute atomic E-state index is 0.0634. The van der Waals surface area contributed by atoms with Gasteiger partial charge in [-0.1, -0.05) is 6.07 Å². The Hall–Kier alpha value is -1.34. The molecule has 21 heavy (non-hydrogen) atoms. The Morgan fingerprint density at radius 3 is 2.67 bits per heavy atom. The van der Waals surface area contributed by atoms with E-state index < -0.39 is 33.7 Å². The number of hydrogen-bond acceptors (Lipinski definition) is 4. The first-order valence-corrected chi connectivity index (χ1v) is 7.85. The number of ether oxygens (including phenoxy) is 1. The van der Waals surface area contributed by atoms with E-state index in [9.17, 15) is 13.4 Å². The highest BCUT2D eigenvalue weighted by molar-refractivity contribution is 7.84. The number of pyridine rings is 1. The van der Waals surface area contributed by atoms with E-state index in [0.717, 1.165) is 0 Å². The zero-order valence-corrected chi connectivity index (χ0v) is 13.5. The zero-order valence-electron chi connectivity index (χ0n) is 12.7. The van der Waals surface area contributed by atoms with Gasteiger partial charge in [-0.2, -0.15) is 4.39 Å². The highest BCUT2D eigenvalue weighted by atomic mass is 32.2. The Kier molecular flexibility index (Phi) is 6.42. The molecule has 7 heteroatoms. The summed E-state index contributed by atoms with van der Waals surface area (Å²) < 4.78 is 32.7. The van der Waals surface area contributed by atoms with Gasteiger partial charge >= 0.3 is 5.97 Å². The molecule has 1 rings (SSSR count). The summed E-state index contributed by atoms with van der Waals surface area (Å²) >= 11 is 0. The molecule has 0 fully saturated rings. The Labute approximate surface area is 126 Å². The molecule has 0 saturated heterocycles. The van der Waals surface area contributed by atoms with Crippen molar-refractivity contribution in [3.8, 4) is 0 Å². The number of carbonyl (C=O) groups is 1. The molecule has 2 unspecified atom stereocenters. The molecule has 0 aliphatic carbocycles. The van der Waals surface area contributed by atoms with Crippen LogP contribution in [0.4, 0.5) is 4.39 Å². The first-order valence-electron chi connectivity index (χ1n) is 6.70. The number of carbonyl (C=O) groups excluding carboxylic acids is 1. The predicted octanol–water partition coefficient (Wildman–Crippen LogP) is 2.27. The van der Waals surface area contributed by atoms with Crippen LogP contribution in [0.1, 0.15) is 45.9 Å². The average molecular weight is 316 g/mol. The van der Waals surface area contributed by atoms with E-state index in [0.29, 0.717) is 5.69 Å². The van der Waals surface area contributed by atoms with Gasteiger partial charge in [0.05, 0.1) is 40.5 Å². The number of halogens is 1. The smallest absolute Gasteiger partial charge is 0.307 e. The number of aromatic nitrogens is 1. The van der Waals surface area contributed by atoms with E-state index in [1.165, 1.54) is 12.1 Å². The first kappa shape index (κ1) is 17.7. The van der Waals surface area contributed by atoms with Gasteiger partial charge in [-0.05, 0) is 39.8 Å². The molecule has 1 aromatic heterocycles. The Bertz CT molecular complexity index is 517. The van der Waals surface area contributed by atoms with Crippen LogP contribution in [-0.2, 0) is 20.5 Å². The summed E-state index contributed by atoms with van der Waals surface area (Å²) in [5.74, 6) is -1.10. The Morgan fingerprint density at radius 1 is 1.48 bits per heavy atom. The second-order valence-corrected chi connectivity index (χ2v) is 7.44. The lowest BCUT2D eigenvalue weighted by Crippen LogP contribution is -2.37. The summed E-state index contributed by atoms with van der Waals surface area (Å²) in [6, 6.07) is 3.63. The molecule has 0 aliphatic rings. The lowest BCUT2D eigenvalue weighted by atomic mass is 10.1. The second-order valence-electron chi connectivity index (χ2n) is 5.45. The number of hydrogen-bond donors (Lipinski definition) is 1. The molecule has 118 valence electrons. The van der Waals surface area contributed by atoms with Crippen LogP contribution in [0, 0.1) is 5.95 Å². The van der Waals surface area contributed by atoms with E-state index in [4.69, 9.17) is 4.74 Å². The summed E-state index contributed by atoms with van der Waals surface area (Å²) in [5, 5.41) is 0. The van der Waals surface area contributed by atoms with Crippen molar-refractivity contribution >= 4 is 17.0 Å². The quantitative estimate of drug-likeness (QED) is 0.646. The van der Waals surface area contributed by atoms with E-state index in [1.807, 2.05) is 0 Å². The number of esters is 1. The third-order valence-corrected chi connectivity index (χ3v) is 4.19. The molecular weight excluding hydrogens is 295 g/mol. The van der Waals surface area contributed by atoms with Crippen LogP contribution in [0.15, 0.2) is 18.2 Å². The van der Waals surface area contributed by atoms with Crippen molar-refractivity contribution < 1.29 is 18.1 Å². The lowest BCUT2D eigenvalue weighted by Gasteiger charge is -2.23. The molecule has 0 spiro atoms. The summed E-state index contributed by atoms with van der Waals surface area (Å²) in [4.78, 5) is 15.4. The predicted molar refractivity (Wildman–Crippen MR) is 79.2 cm³/mol. The van der Waals surface area contributed by atoms with Crippen LogP contribution in [0.2, 0.25) is 0 Å². The van der Waals surface area contributed by atoms with Gasteiger partial charge < -0.3 is 4.74 Å². The van der Waals surface area contributed by atoms with E-state index >= 15 is 0 Å². The monoisotopic (exact) mass is 316 g/mol. The maximum atomic E-state index is 13.3. The van der Waals surface area contributed by atoms with Gasteiger partial charge in [0.25, 0.3) is 0 Å². The average Bonchev–Trinajstić information content (AvgIpc) is 2.37. The minimum atomic E-state index is -1.42. The molecule has 0 radical (unpaired) electrons. The topological polar surface area (TPSA) is 68.3 Å². The fraction of sp³-hybridized carbons (Fsp3) is 0.571. The van der Waals surface area contributed by atoms with Crippen LogP contribution >= 0.6 is 0 Å². The highest BCUT2D eigenvalue weighted by Gasteiger charge is 2.26. The SMILES string of the molecule is CCOC(=O)CC(NS(=O)C(C)(C)C)c1cccc(F)n1. The largest absolute Gasteiger partial charge is 0.466 e. The van der Waals surface area contributed by atoms with Gasteiger partial charge in [0, 0.05) is 0 Å². The van der Waals surface area contributed by atoms with E-state index in [-0.39, 0.29) is 13.0 Å². The van der Waals surface area contributed by atoms with Crippen LogP contribution in [0.25, 0.3) is 0 Å². The van der Waals surface area contributed by atoms with Gasteiger partial charge in [0.2, 0.25) is 5.95 Å². The molecule has 1 N–H and O–H groups in total. The number of nitrogens with zero attached hydrogens (tertiary/aromatic N) is 1.